The summed E-state index contributed by atoms with van der Waals surface area (Å²) in [5, 5.41) is 11.9. The molecule has 0 atom stereocenters. The molecule has 1 fully saturated rings. The number of benzene rings is 1. The van der Waals surface area contributed by atoms with Crippen molar-refractivity contribution in [3.8, 4) is 5.75 Å². The standard InChI is InChI=1S/C23H27N7O2S/c1-3-16-14-17-22(24-15(2)25-23(17)33-16)30-11-9-29(10-12-30)20(31)8-5-13-32-19-7-4-6-18-21(19)27-28-26-18/h4,6-7,14H,3,5,8-13H2,1-2H3,(H,26,27,28). The number of rotatable bonds is 7. The second-order valence-corrected chi connectivity index (χ2v) is 9.26. The molecule has 33 heavy (non-hydrogen) atoms. The molecule has 5 rings (SSSR count). The summed E-state index contributed by atoms with van der Waals surface area (Å²) in [6.07, 6.45) is 2.13. The maximum atomic E-state index is 12.7. The van der Waals surface area contributed by atoms with Gasteiger partial charge in [-0.25, -0.2) is 9.97 Å². The summed E-state index contributed by atoms with van der Waals surface area (Å²) in [7, 11) is 0. The van der Waals surface area contributed by atoms with Gasteiger partial charge in [-0.1, -0.05) is 13.0 Å². The molecule has 0 radical (unpaired) electrons. The van der Waals surface area contributed by atoms with Crippen LogP contribution in [0.1, 0.15) is 30.5 Å². The molecule has 0 spiro atoms. The Balaban J connectivity index is 1.14. The van der Waals surface area contributed by atoms with E-state index in [1.54, 1.807) is 11.3 Å². The SMILES string of the molecule is CCc1cc2c(N3CCN(C(=O)CCCOc4cccc5n[nH]nc45)CC3)nc(C)nc2s1. The van der Waals surface area contributed by atoms with Gasteiger partial charge >= 0.3 is 0 Å². The van der Waals surface area contributed by atoms with E-state index < -0.39 is 0 Å². The first-order valence-corrected chi connectivity index (χ1v) is 12.2. The molecule has 0 aliphatic carbocycles. The predicted octanol–water partition coefficient (Wildman–Crippen LogP) is 3.34. The fourth-order valence-electron chi connectivity index (χ4n) is 4.17. The van der Waals surface area contributed by atoms with Gasteiger partial charge in [0.15, 0.2) is 5.52 Å². The molecular weight excluding hydrogens is 438 g/mol. The number of ether oxygens (including phenoxy) is 1. The Morgan fingerprint density at radius 1 is 1.18 bits per heavy atom. The van der Waals surface area contributed by atoms with Gasteiger partial charge in [-0.05, 0) is 38.0 Å². The molecule has 1 aliphatic rings. The minimum Gasteiger partial charge on any atom is -0.491 e. The number of aromatic amines is 1. The van der Waals surface area contributed by atoms with Gasteiger partial charge in [0, 0.05) is 37.5 Å². The molecule has 172 valence electrons. The summed E-state index contributed by atoms with van der Waals surface area (Å²) in [5.74, 6) is 2.65. The van der Waals surface area contributed by atoms with E-state index in [2.05, 4.69) is 38.3 Å². The van der Waals surface area contributed by atoms with E-state index in [4.69, 9.17) is 9.72 Å². The third kappa shape index (κ3) is 4.47. The molecule has 0 saturated carbocycles. The number of hydrogen-bond donors (Lipinski definition) is 1. The van der Waals surface area contributed by atoms with Crippen LogP contribution in [0.2, 0.25) is 0 Å². The molecule has 1 saturated heterocycles. The molecule has 10 heteroatoms. The van der Waals surface area contributed by atoms with Gasteiger partial charge in [-0.15, -0.1) is 11.3 Å². The summed E-state index contributed by atoms with van der Waals surface area (Å²) < 4.78 is 5.84. The second-order valence-electron chi connectivity index (χ2n) is 8.15. The van der Waals surface area contributed by atoms with E-state index in [1.807, 2.05) is 30.0 Å². The number of fused-ring (bicyclic) bond motifs is 2. The van der Waals surface area contributed by atoms with Gasteiger partial charge in [0.1, 0.15) is 27.7 Å². The Morgan fingerprint density at radius 2 is 2.03 bits per heavy atom. The average Bonchev–Trinajstić information content (AvgIpc) is 3.48. The molecule has 9 nitrogen and oxygen atoms in total. The molecule has 3 aromatic heterocycles. The lowest BCUT2D eigenvalue weighted by atomic mass is 10.2. The number of H-pyrrole nitrogens is 1. The predicted molar refractivity (Wildman–Crippen MR) is 129 cm³/mol. The van der Waals surface area contributed by atoms with Crippen LogP contribution in [0, 0.1) is 6.92 Å². The summed E-state index contributed by atoms with van der Waals surface area (Å²) >= 11 is 1.74. The van der Waals surface area contributed by atoms with Crippen LogP contribution in [-0.2, 0) is 11.2 Å². The molecule has 1 aromatic carbocycles. The minimum atomic E-state index is 0.172. The highest BCUT2D eigenvalue weighted by Gasteiger charge is 2.24. The monoisotopic (exact) mass is 465 g/mol. The molecule has 1 N–H and O–H groups in total. The number of carbonyl (C=O) groups is 1. The van der Waals surface area contributed by atoms with Crippen molar-refractivity contribution in [2.24, 2.45) is 0 Å². The lowest BCUT2D eigenvalue weighted by Gasteiger charge is -2.35. The summed E-state index contributed by atoms with van der Waals surface area (Å²) in [6, 6.07) is 7.85. The van der Waals surface area contributed by atoms with Crippen molar-refractivity contribution < 1.29 is 9.53 Å². The Labute approximate surface area is 195 Å². The van der Waals surface area contributed by atoms with Crippen molar-refractivity contribution in [3.63, 3.8) is 0 Å². The number of hydrogen-bond acceptors (Lipinski definition) is 8. The Bertz CT molecular complexity index is 1280. The number of nitrogens with zero attached hydrogens (tertiary/aromatic N) is 6. The molecule has 0 unspecified atom stereocenters. The number of nitrogens with one attached hydrogen (secondary N) is 1. The summed E-state index contributed by atoms with van der Waals surface area (Å²) in [6.45, 7) is 7.53. The fourth-order valence-corrected chi connectivity index (χ4v) is 5.17. The summed E-state index contributed by atoms with van der Waals surface area (Å²) in [5.41, 5.74) is 1.48. The number of aryl methyl sites for hydroxylation is 2. The van der Waals surface area contributed by atoms with E-state index in [0.29, 0.717) is 43.8 Å². The van der Waals surface area contributed by atoms with Crippen molar-refractivity contribution in [1.82, 2.24) is 30.3 Å². The van der Waals surface area contributed by atoms with Crippen LogP contribution in [0.15, 0.2) is 24.3 Å². The van der Waals surface area contributed by atoms with Crippen LogP contribution in [0.5, 0.6) is 5.75 Å². The first kappa shape index (κ1) is 21.6. The molecular formula is C23H27N7O2S. The smallest absolute Gasteiger partial charge is 0.222 e. The normalized spacial score (nSPS) is 14.4. The van der Waals surface area contributed by atoms with E-state index in [9.17, 15) is 4.79 Å². The van der Waals surface area contributed by atoms with Gasteiger partial charge in [0.25, 0.3) is 0 Å². The lowest BCUT2D eigenvalue weighted by molar-refractivity contribution is -0.131. The van der Waals surface area contributed by atoms with Crippen molar-refractivity contribution in [1.29, 1.82) is 0 Å². The number of amides is 1. The van der Waals surface area contributed by atoms with Crippen LogP contribution in [0.4, 0.5) is 5.82 Å². The topological polar surface area (TPSA) is 100 Å². The zero-order valence-corrected chi connectivity index (χ0v) is 19.7. The first-order chi connectivity index (χ1) is 16.1. The largest absolute Gasteiger partial charge is 0.491 e. The number of para-hydroxylation sites is 1. The minimum absolute atomic E-state index is 0.172. The maximum absolute atomic E-state index is 12.7. The molecule has 4 heterocycles. The number of anilines is 1. The first-order valence-electron chi connectivity index (χ1n) is 11.3. The maximum Gasteiger partial charge on any atom is 0.222 e. The van der Waals surface area contributed by atoms with Crippen molar-refractivity contribution in [3.05, 3.63) is 35.0 Å². The van der Waals surface area contributed by atoms with E-state index in [0.717, 1.165) is 46.9 Å². The molecule has 1 aliphatic heterocycles. The van der Waals surface area contributed by atoms with Gasteiger partial charge in [0.2, 0.25) is 5.91 Å². The van der Waals surface area contributed by atoms with E-state index >= 15 is 0 Å². The van der Waals surface area contributed by atoms with Gasteiger partial charge in [-0.3, -0.25) is 4.79 Å². The molecule has 4 aromatic rings. The van der Waals surface area contributed by atoms with Crippen LogP contribution in [-0.4, -0.2) is 69.0 Å². The lowest BCUT2D eigenvalue weighted by Crippen LogP contribution is -2.49. The highest BCUT2D eigenvalue weighted by molar-refractivity contribution is 7.18. The van der Waals surface area contributed by atoms with Gasteiger partial charge in [0.05, 0.1) is 12.0 Å². The van der Waals surface area contributed by atoms with Gasteiger partial charge in [-0.2, -0.15) is 15.4 Å². The van der Waals surface area contributed by atoms with Crippen molar-refractivity contribution in [2.75, 3.05) is 37.7 Å². The zero-order valence-electron chi connectivity index (χ0n) is 18.9. The molecule has 1 amide bonds. The zero-order chi connectivity index (χ0) is 22.8. The number of piperazine rings is 1. The third-order valence-electron chi connectivity index (χ3n) is 5.92. The van der Waals surface area contributed by atoms with Crippen LogP contribution >= 0.6 is 11.3 Å². The van der Waals surface area contributed by atoms with Crippen LogP contribution < -0.4 is 9.64 Å². The molecule has 0 bridgehead atoms. The fraction of sp³-hybridized carbons (Fsp3) is 0.435. The van der Waals surface area contributed by atoms with Crippen molar-refractivity contribution in [2.45, 2.75) is 33.1 Å². The van der Waals surface area contributed by atoms with E-state index in [-0.39, 0.29) is 5.91 Å². The Morgan fingerprint density at radius 3 is 2.85 bits per heavy atom. The summed E-state index contributed by atoms with van der Waals surface area (Å²) in [4.78, 5) is 28.7. The highest BCUT2D eigenvalue weighted by atomic mass is 32.1. The van der Waals surface area contributed by atoms with E-state index in [1.165, 1.54) is 4.88 Å². The van der Waals surface area contributed by atoms with Gasteiger partial charge < -0.3 is 14.5 Å². The Hall–Kier alpha value is -3.27. The third-order valence-corrected chi connectivity index (χ3v) is 7.09. The second kappa shape index (κ2) is 9.30. The van der Waals surface area contributed by atoms with Crippen molar-refractivity contribution >= 4 is 44.3 Å². The number of aromatic nitrogens is 5. The van der Waals surface area contributed by atoms with Crippen LogP contribution in [0.3, 0.4) is 0 Å². The number of thiophene rings is 1. The highest BCUT2D eigenvalue weighted by Crippen LogP contribution is 2.32. The quantitative estimate of drug-likeness (QED) is 0.418. The van der Waals surface area contributed by atoms with Crippen LogP contribution in [0.25, 0.3) is 21.3 Å². The number of carbonyl (C=O) groups excluding carboxylic acids is 1. The Kier molecular flexibility index (Phi) is 6.08. The average molecular weight is 466 g/mol.